The van der Waals surface area contributed by atoms with Crippen molar-refractivity contribution in [3.05, 3.63) is 218 Å². The summed E-state index contributed by atoms with van der Waals surface area (Å²) < 4.78 is 2.32. The van der Waals surface area contributed by atoms with Crippen molar-refractivity contribution in [2.45, 2.75) is 0 Å². The van der Waals surface area contributed by atoms with E-state index in [1.807, 2.05) is 84.9 Å². The molecule has 0 amide bonds. The molecule has 0 aliphatic heterocycles. The Labute approximate surface area is 353 Å². The van der Waals surface area contributed by atoms with E-state index in [0.717, 1.165) is 72.6 Å². The van der Waals surface area contributed by atoms with Crippen LogP contribution in [-0.4, -0.2) is 29.5 Å². The summed E-state index contributed by atoms with van der Waals surface area (Å²) in [4.78, 5) is 25.5. The van der Waals surface area contributed by atoms with Gasteiger partial charge in [0.2, 0.25) is 0 Å². The van der Waals surface area contributed by atoms with E-state index in [4.69, 9.17) is 24.9 Å². The smallest absolute Gasteiger partial charge is 0.164 e. The average Bonchev–Trinajstić information content (AvgIpc) is 3.68. The minimum Gasteiger partial charge on any atom is -0.309 e. The monoisotopic (exact) mass is 780 g/mol. The Morgan fingerprint density at radius 2 is 0.672 bits per heavy atom. The summed E-state index contributed by atoms with van der Waals surface area (Å²) in [5.41, 5.74) is 12.9. The van der Waals surface area contributed by atoms with Gasteiger partial charge in [0.1, 0.15) is 0 Å². The van der Waals surface area contributed by atoms with E-state index in [-0.39, 0.29) is 0 Å². The van der Waals surface area contributed by atoms with Gasteiger partial charge in [-0.25, -0.2) is 24.9 Å². The first kappa shape index (κ1) is 35.8. The van der Waals surface area contributed by atoms with Crippen molar-refractivity contribution >= 4 is 21.8 Å². The molecule has 6 nitrogen and oxygen atoms in total. The van der Waals surface area contributed by atoms with Gasteiger partial charge < -0.3 is 4.57 Å². The van der Waals surface area contributed by atoms with Gasteiger partial charge in [-0.15, -0.1) is 0 Å². The van der Waals surface area contributed by atoms with Crippen molar-refractivity contribution in [1.29, 1.82) is 0 Å². The van der Waals surface area contributed by atoms with E-state index in [9.17, 15) is 0 Å². The van der Waals surface area contributed by atoms with Gasteiger partial charge in [-0.2, -0.15) is 0 Å². The summed E-state index contributed by atoms with van der Waals surface area (Å²) in [5, 5.41) is 2.37. The van der Waals surface area contributed by atoms with E-state index < -0.39 is 0 Å². The molecule has 3 heterocycles. The fraction of sp³-hybridized carbons (Fsp3) is 0. The Balaban J connectivity index is 1.02. The van der Waals surface area contributed by atoms with Crippen LogP contribution in [0, 0.1) is 0 Å². The van der Waals surface area contributed by atoms with Crippen molar-refractivity contribution in [2.75, 3.05) is 0 Å². The lowest BCUT2D eigenvalue weighted by Gasteiger charge is -2.12. The molecule has 0 spiro atoms. The third-order valence-corrected chi connectivity index (χ3v) is 11.1. The highest BCUT2D eigenvalue weighted by Gasteiger charge is 2.18. The van der Waals surface area contributed by atoms with Crippen LogP contribution in [0.2, 0.25) is 0 Å². The van der Waals surface area contributed by atoms with Crippen LogP contribution < -0.4 is 0 Å². The number of fused-ring (bicyclic) bond motifs is 3. The molecule has 61 heavy (non-hydrogen) atoms. The topological polar surface area (TPSA) is 69.4 Å². The first-order valence-corrected chi connectivity index (χ1v) is 20.3. The Hall–Kier alpha value is -8.35. The average molecular weight is 781 g/mol. The number of rotatable bonds is 8. The summed E-state index contributed by atoms with van der Waals surface area (Å²) in [6.45, 7) is 0. The third-order valence-electron chi connectivity index (χ3n) is 11.1. The first-order chi connectivity index (χ1) is 30.2. The van der Waals surface area contributed by atoms with Crippen LogP contribution in [0.4, 0.5) is 0 Å². The Bertz CT molecular complexity index is 3290. The molecule has 0 aliphatic carbocycles. The number of benzene rings is 8. The first-order valence-electron chi connectivity index (χ1n) is 20.3. The van der Waals surface area contributed by atoms with Gasteiger partial charge in [0.25, 0.3) is 0 Å². The zero-order chi connectivity index (χ0) is 40.5. The van der Waals surface area contributed by atoms with Gasteiger partial charge in [-0.1, -0.05) is 176 Å². The number of hydrogen-bond donors (Lipinski definition) is 0. The lowest BCUT2D eigenvalue weighted by atomic mass is 9.99. The molecular weight excluding hydrogens is 745 g/mol. The molecular formula is C55H36N6. The van der Waals surface area contributed by atoms with Gasteiger partial charge in [-0.05, 0) is 53.6 Å². The molecule has 0 aliphatic rings. The maximum absolute atomic E-state index is 5.19. The van der Waals surface area contributed by atoms with Gasteiger partial charge in [0.15, 0.2) is 23.3 Å². The predicted molar refractivity (Wildman–Crippen MR) is 248 cm³/mol. The minimum atomic E-state index is 0.598. The van der Waals surface area contributed by atoms with E-state index >= 15 is 0 Å². The molecule has 11 rings (SSSR count). The molecule has 0 bridgehead atoms. The standard InChI is InChI=1S/C55H36N6/c1-5-17-37(18-6-1)48-36-49(57-52(56-48)38-19-7-2-8-20-38)42-25-15-23-40(33-42)41-24-16-26-43(34-41)54-58-53(39-21-9-3-10-22-39)59-55(60-54)44-31-32-47-46-29-13-14-30-50(46)61(51(47)35-44)45-27-11-4-12-28-45/h1-36H. The van der Waals surface area contributed by atoms with Crippen molar-refractivity contribution < 1.29 is 0 Å². The zero-order valence-electron chi connectivity index (χ0n) is 33.0. The van der Waals surface area contributed by atoms with Gasteiger partial charge in [0.05, 0.1) is 22.4 Å². The van der Waals surface area contributed by atoms with Gasteiger partial charge in [0, 0.05) is 49.8 Å². The number of hydrogen-bond acceptors (Lipinski definition) is 5. The molecule has 0 atom stereocenters. The molecule has 0 unspecified atom stereocenters. The zero-order valence-corrected chi connectivity index (χ0v) is 33.0. The van der Waals surface area contributed by atoms with Crippen molar-refractivity contribution in [3.63, 3.8) is 0 Å². The van der Waals surface area contributed by atoms with Crippen LogP contribution in [0.25, 0.3) is 107 Å². The second-order valence-corrected chi connectivity index (χ2v) is 14.9. The molecule has 3 aromatic heterocycles. The van der Waals surface area contributed by atoms with Gasteiger partial charge in [-0.3, -0.25) is 0 Å². The van der Waals surface area contributed by atoms with E-state index in [1.165, 1.54) is 10.8 Å². The number of para-hydroxylation sites is 2. The Morgan fingerprint density at radius 1 is 0.246 bits per heavy atom. The highest BCUT2D eigenvalue weighted by molar-refractivity contribution is 6.10. The Morgan fingerprint density at radius 3 is 1.31 bits per heavy atom. The lowest BCUT2D eigenvalue weighted by Crippen LogP contribution is -2.00. The largest absolute Gasteiger partial charge is 0.309 e. The van der Waals surface area contributed by atoms with E-state index in [2.05, 4.69) is 138 Å². The number of nitrogens with zero attached hydrogens (tertiary/aromatic N) is 6. The Kier molecular flexibility index (Phi) is 9.06. The van der Waals surface area contributed by atoms with Crippen LogP contribution in [0.15, 0.2) is 218 Å². The molecule has 0 N–H and O–H groups in total. The molecule has 0 fully saturated rings. The molecule has 0 saturated heterocycles. The summed E-state index contributed by atoms with van der Waals surface area (Å²) in [6, 6.07) is 75.1. The van der Waals surface area contributed by atoms with Crippen molar-refractivity contribution in [2.24, 2.45) is 0 Å². The van der Waals surface area contributed by atoms with Crippen LogP contribution in [0.1, 0.15) is 0 Å². The molecule has 0 saturated carbocycles. The summed E-state index contributed by atoms with van der Waals surface area (Å²) >= 11 is 0. The molecule has 0 radical (unpaired) electrons. The molecule has 6 heteroatoms. The van der Waals surface area contributed by atoms with Crippen LogP contribution in [-0.2, 0) is 0 Å². The molecule has 11 aromatic rings. The third kappa shape index (κ3) is 6.92. The normalized spacial score (nSPS) is 11.3. The quantitative estimate of drug-likeness (QED) is 0.154. The fourth-order valence-corrected chi connectivity index (χ4v) is 8.08. The lowest BCUT2D eigenvalue weighted by molar-refractivity contribution is 1.07. The van der Waals surface area contributed by atoms with Crippen molar-refractivity contribution in [1.82, 2.24) is 29.5 Å². The summed E-state index contributed by atoms with van der Waals surface area (Å²) in [5.74, 6) is 2.50. The maximum Gasteiger partial charge on any atom is 0.164 e. The SMILES string of the molecule is c1ccc(-c2cc(-c3cccc(-c4cccc(-c5nc(-c6ccccc6)nc(-c6ccc7c8ccccc8n(-c8ccccc8)c7c6)n5)c4)c3)nc(-c3ccccc3)n2)cc1. The van der Waals surface area contributed by atoms with Crippen molar-refractivity contribution in [3.8, 4) is 84.9 Å². The minimum absolute atomic E-state index is 0.598. The maximum atomic E-state index is 5.19. The predicted octanol–water partition coefficient (Wildman–Crippen LogP) is 13.4. The highest BCUT2D eigenvalue weighted by Crippen LogP contribution is 2.36. The van der Waals surface area contributed by atoms with E-state index in [1.54, 1.807) is 0 Å². The van der Waals surface area contributed by atoms with Crippen LogP contribution in [0.5, 0.6) is 0 Å². The summed E-state index contributed by atoms with van der Waals surface area (Å²) in [7, 11) is 0. The molecule has 286 valence electrons. The second-order valence-electron chi connectivity index (χ2n) is 14.9. The van der Waals surface area contributed by atoms with Gasteiger partial charge >= 0.3 is 0 Å². The van der Waals surface area contributed by atoms with E-state index in [0.29, 0.717) is 23.3 Å². The summed E-state index contributed by atoms with van der Waals surface area (Å²) in [6.07, 6.45) is 0. The fourth-order valence-electron chi connectivity index (χ4n) is 8.08. The van der Waals surface area contributed by atoms with Crippen LogP contribution >= 0.6 is 0 Å². The molecule has 8 aromatic carbocycles. The van der Waals surface area contributed by atoms with Crippen LogP contribution in [0.3, 0.4) is 0 Å². The number of aromatic nitrogens is 6. The second kappa shape index (κ2) is 15.4. The highest BCUT2D eigenvalue weighted by atomic mass is 15.0.